The zero-order valence-corrected chi connectivity index (χ0v) is 44.0. The molecule has 0 unspecified atom stereocenters. The highest BCUT2D eigenvalue weighted by atomic mass is 33.1. The number of hydrogen-bond acceptors (Lipinski definition) is 24. The van der Waals surface area contributed by atoms with Crippen LogP contribution in [-0.2, 0) is 54.4 Å². The number of piperazine rings is 1. The van der Waals surface area contributed by atoms with Crippen molar-refractivity contribution in [2.45, 2.75) is 75.5 Å². The number of hydrogen-bond donors (Lipinski definition) is 12. The van der Waals surface area contributed by atoms with Crippen molar-refractivity contribution in [2.75, 3.05) is 55.9 Å². The third-order valence-corrected chi connectivity index (χ3v) is 16.2. The highest BCUT2D eigenvalue weighted by Crippen LogP contribution is 2.55. The smallest absolute Gasteiger partial charge is 0.404 e. The number of benzene rings is 1. The second-order valence-electron chi connectivity index (χ2n) is 18.8. The van der Waals surface area contributed by atoms with Crippen molar-refractivity contribution >= 4 is 103 Å². The van der Waals surface area contributed by atoms with Gasteiger partial charge in [-0.2, -0.15) is 4.98 Å². The van der Waals surface area contributed by atoms with Crippen LogP contribution in [0.3, 0.4) is 0 Å². The van der Waals surface area contributed by atoms with Crippen molar-refractivity contribution in [3.05, 3.63) is 74.6 Å². The lowest BCUT2D eigenvalue weighted by Gasteiger charge is -2.39. The first-order valence-electron chi connectivity index (χ1n) is 24.5. The summed E-state index contributed by atoms with van der Waals surface area (Å²) in [6, 6.07) is 2.68. The Morgan fingerprint density at radius 3 is 2.34 bits per heavy atom. The molecule has 2 aromatic heterocycles. The van der Waals surface area contributed by atoms with Crippen LogP contribution in [0.15, 0.2) is 57.8 Å². The largest absolute Gasteiger partial charge is 0.481 e. The molecule has 422 valence electrons. The van der Waals surface area contributed by atoms with E-state index in [4.69, 9.17) is 26.7 Å². The monoisotopic (exact) mass is 1140 g/mol. The third kappa shape index (κ3) is 13.5. The van der Waals surface area contributed by atoms with E-state index in [2.05, 4.69) is 46.5 Å². The maximum Gasteiger partial charge on any atom is 0.404 e. The molecule has 0 spiro atoms. The Morgan fingerprint density at radius 2 is 1.67 bits per heavy atom. The van der Waals surface area contributed by atoms with Gasteiger partial charge in [0.2, 0.25) is 29.3 Å². The van der Waals surface area contributed by atoms with Gasteiger partial charge in [0.25, 0.3) is 5.56 Å². The lowest BCUT2D eigenvalue weighted by atomic mass is 9.82. The predicted octanol–water partition coefficient (Wildman–Crippen LogP) is -1.60. The summed E-state index contributed by atoms with van der Waals surface area (Å²) in [5.74, 6) is -11.7. The number of carboxylic acid groups (broad SMARTS) is 3. The van der Waals surface area contributed by atoms with E-state index in [1.54, 1.807) is 17.0 Å². The topological polar surface area (TPSA) is 473 Å². The number of nitrogens with one attached hydrogen (secondary N) is 6. The molecule has 0 saturated carbocycles. The minimum Gasteiger partial charge on any atom is -0.481 e. The van der Waals surface area contributed by atoms with Crippen LogP contribution in [0.1, 0.15) is 55.1 Å². The highest BCUT2D eigenvalue weighted by molar-refractivity contribution is 8.76. The number of Topliss-reactive ketones (excluding diaryl/α,β-unsaturated/α-hetero) is 4. The SMILES string of the molecule is CO[C@@]12[C@H](COC(N)=O)C3=C(C(=O)C(C)=C(NCCSSC[C@@H](CC(=O)[C@@H](CC(=O)O)NC(=O)[C@H](N)CNC(=O)CC[C@@H](CC(=O)c4ccc(NCc5cnc6nc(N)[nH]c(=O)c6n5)cc4)C(=O)O)C(=O)O)C3=O)N1C[C@@H]1N[C@@H]12. The van der Waals surface area contributed by atoms with E-state index < -0.39 is 126 Å². The molecule has 7 rings (SSSR count). The maximum absolute atomic E-state index is 14.1. The van der Waals surface area contributed by atoms with Crippen molar-refractivity contribution < 1.29 is 72.7 Å². The van der Waals surface area contributed by atoms with Gasteiger partial charge in [0.15, 0.2) is 28.5 Å². The number of nitrogens with zero attached hydrogens (tertiary/aromatic N) is 4. The van der Waals surface area contributed by atoms with Crippen molar-refractivity contribution in [3.63, 3.8) is 0 Å². The van der Waals surface area contributed by atoms with Crippen LogP contribution >= 0.6 is 21.6 Å². The highest BCUT2D eigenvalue weighted by Gasteiger charge is 2.72. The molecule has 0 bridgehead atoms. The van der Waals surface area contributed by atoms with Crippen LogP contribution in [0.5, 0.6) is 0 Å². The van der Waals surface area contributed by atoms with Gasteiger partial charge in [0.1, 0.15) is 12.6 Å². The maximum atomic E-state index is 14.1. The number of carbonyl (C=O) groups excluding carboxylic acids is 7. The molecule has 31 heteroatoms. The Labute approximate surface area is 455 Å². The fourth-order valence-corrected chi connectivity index (χ4v) is 11.8. The molecule has 15 N–H and O–H groups in total. The first-order chi connectivity index (χ1) is 37.5. The molecular weight excluding hydrogens is 1080 g/mol. The van der Waals surface area contributed by atoms with E-state index in [0.717, 1.165) is 10.8 Å². The van der Waals surface area contributed by atoms with E-state index in [-0.39, 0.29) is 101 Å². The zero-order valence-electron chi connectivity index (χ0n) is 42.4. The lowest BCUT2D eigenvalue weighted by Crippen LogP contribution is -2.55. The molecule has 8 atom stereocenters. The minimum absolute atomic E-state index is 0.000935. The average Bonchev–Trinajstić information content (AvgIpc) is 3.78. The number of H-pyrrole nitrogens is 1. The zero-order chi connectivity index (χ0) is 57.5. The molecule has 2 fully saturated rings. The van der Waals surface area contributed by atoms with Gasteiger partial charge in [-0.05, 0) is 37.6 Å². The molecular formula is C48H57N13O16S2. The number of nitrogens with two attached hydrogens (primary N) is 3. The number of anilines is 2. The van der Waals surface area contributed by atoms with E-state index >= 15 is 0 Å². The van der Waals surface area contributed by atoms with Crippen LogP contribution in [0, 0.1) is 17.8 Å². The van der Waals surface area contributed by atoms with Gasteiger partial charge in [-0.15, -0.1) is 0 Å². The summed E-state index contributed by atoms with van der Waals surface area (Å²) in [6.07, 6.45) is -2.35. The molecule has 0 radical (unpaired) electrons. The molecule has 3 amide bonds. The number of nitrogen functional groups attached to an aromatic ring is 1. The van der Waals surface area contributed by atoms with Gasteiger partial charge >= 0.3 is 24.0 Å². The number of ketones is 4. The number of carbonyl (C=O) groups is 10. The number of aromatic amines is 1. The predicted molar refractivity (Wildman–Crippen MR) is 280 cm³/mol. The molecule has 29 nitrogen and oxygen atoms in total. The normalized spacial score (nSPS) is 20.5. The summed E-state index contributed by atoms with van der Waals surface area (Å²) in [5.41, 5.74) is 16.8. The minimum atomic E-state index is -1.70. The van der Waals surface area contributed by atoms with E-state index in [9.17, 15) is 68.1 Å². The summed E-state index contributed by atoms with van der Waals surface area (Å²) in [4.78, 5) is 156. The van der Waals surface area contributed by atoms with Gasteiger partial charge in [0, 0.05) is 86.0 Å². The Bertz CT molecular complexity index is 3100. The van der Waals surface area contributed by atoms with Crippen LogP contribution in [0.4, 0.5) is 16.4 Å². The Balaban J connectivity index is 0.822. The van der Waals surface area contributed by atoms with E-state index in [0.29, 0.717) is 17.9 Å². The second kappa shape index (κ2) is 25.2. The molecule has 79 heavy (non-hydrogen) atoms. The van der Waals surface area contributed by atoms with Crippen LogP contribution < -0.4 is 49.3 Å². The summed E-state index contributed by atoms with van der Waals surface area (Å²) in [7, 11) is 3.72. The van der Waals surface area contributed by atoms with Crippen LogP contribution in [0.25, 0.3) is 11.2 Å². The van der Waals surface area contributed by atoms with Crippen LogP contribution in [-0.4, -0.2) is 174 Å². The lowest BCUT2D eigenvalue weighted by molar-refractivity contribution is -0.144. The van der Waals surface area contributed by atoms with E-state index in [1.165, 1.54) is 43.2 Å². The number of primary amides is 1. The second-order valence-corrected chi connectivity index (χ2v) is 21.5. The quantitative estimate of drug-likeness (QED) is 0.0118. The molecule has 2 saturated heterocycles. The summed E-state index contributed by atoms with van der Waals surface area (Å²) >= 11 is 0. The molecule has 5 heterocycles. The fourth-order valence-electron chi connectivity index (χ4n) is 9.60. The Hall–Kier alpha value is -8.00. The van der Waals surface area contributed by atoms with Gasteiger partial charge in [-0.3, -0.25) is 52.9 Å². The molecule has 3 aromatic rings. The molecule has 1 aliphatic carbocycles. The van der Waals surface area contributed by atoms with E-state index in [1.807, 2.05) is 0 Å². The van der Waals surface area contributed by atoms with Crippen molar-refractivity contribution in [1.29, 1.82) is 0 Å². The number of aromatic nitrogens is 4. The first kappa shape index (κ1) is 58.7. The van der Waals surface area contributed by atoms with Crippen molar-refractivity contribution in [2.24, 2.45) is 29.2 Å². The number of allylic oxidation sites excluding steroid dienone is 2. The molecule has 1 aromatic carbocycles. The van der Waals surface area contributed by atoms with Crippen molar-refractivity contribution in [1.82, 2.24) is 46.1 Å². The van der Waals surface area contributed by atoms with Crippen molar-refractivity contribution in [3.8, 4) is 0 Å². The van der Waals surface area contributed by atoms with Gasteiger partial charge in [-0.25, -0.2) is 14.8 Å². The number of rotatable bonds is 30. The first-order valence-corrected chi connectivity index (χ1v) is 27.0. The standard InChI is InChI=1S/C48H57N13O16S2/c1-20-35(39(68)34-26(18-77-47(51)75)48(76-2)40-29(57-40)17-61(48)37(34)38(20)67)52-9-10-78-79-19-23(45(73)74)12-31(63)28(13-33(65)66)58-42(69)27(49)16-54-32(64)8-5-22(44(71)72)11-30(62)21-3-6-24(7-4-21)53-14-25-15-55-41-36(56-25)43(70)60-46(50)59-41/h3-4,6-7,15,22-23,26-29,40,52-53,57H,5,8-14,16-19,49H2,1-2H3,(H2,51,75)(H,54,64)(H,58,69)(H,65,66)(H,71,72)(H,73,74)(H3,50,55,59,60,70)/t22-,23+,26+,27+,28+,29-,40-,48+/m0/s1. The number of carboxylic acids is 3. The van der Waals surface area contributed by atoms with Gasteiger partial charge < -0.3 is 73.5 Å². The summed E-state index contributed by atoms with van der Waals surface area (Å²) in [6.45, 7) is 1.37. The average molecular weight is 1140 g/mol. The Kier molecular flexibility index (Phi) is 18.7. The number of amides is 3. The fraction of sp³-hybridized carbons (Fsp3) is 0.458. The Morgan fingerprint density at radius 1 is 0.949 bits per heavy atom. The third-order valence-electron chi connectivity index (χ3n) is 13.7. The van der Waals surface area contributed by atoms with Crippen LogP contribution in [0.2, 0.25) is 0 Å². The summed E-state index contributed by atoms with van der Waals surface area (Å²) in [5, 5.41) is 43.3. The van der Waals surface area contributed by atoms with Gasteiger partial charge in [-0.1, -0.05) is 21.6 Å². The summed E-state index contributed by atoms with van der Waals surface area (Å²) < 4.78 is 11.1. The number of fused-ring (bicyclic) bond motifs is 5. The molecule has 4 aliphatic rings. The number of methoxy groups -OCH3 is 1. The number of ether oxygens (including phenoxy) is 2. The van der Waals surface area contributed by atoms with Gasteiger partial charge in [0.05, 0.1) is 66.1 Å². The number of aliphatic carboxylic acids is 3. The molecule has 3 aliphatic heterocycles.